The molecular formula is C25H31N5O2. The molecule has 0 spiro atoms. The summed E-state index contributed by atoms with van der Waals surface area (Å²) in [6.07, 6.45) is 9.39. The summed E-state index contributed by atoms with van der Waals surface area (Å²) >= 11 is 0. The molecular weight excluding hydrogens is 402 g/mol. The molecule has 3 heterocycles. The number of anilines is 1. The van der Waals surface area contributed by atoms with Gasteiger partial charge in [0.2, 0.25) is 5.95 Å². The van der Waals surface area contributed by atoms with E-state index in [1.54, 1.807) is 6.20 Å². The summed E-state index contributed by atoms with van der Waals surface area (Å²) in [6.45, 7) is 8.24. The normalized spacial score (nSPS) is 14.8. The summed E-state index contributed by atoms with van der Waals surface area (Å²) < 4.78 is 11.4. The minimum Gasteiger partial charge on any atom is -0.494 e. The zero-order chi connectivity index (χ0) is 22.2. The van der Waals surface area contributed by atoms with Crippen molar-refractivity contribution in [3.63, 3.8) is 0 Å². The minimum atomic E-state index is 0.379. The molecule has 7 heteroatoms. The van der Waals surface area contributed by atoms with E-state index >= 15 is 0 Å². The lowest BCUT2D eigenvalue weighted by Crippen LogP contribution is -2.39. The van der Waals surface area contributed by atoms with Crippen LogP contribution >= 0.6 is 0 Å². The summed E-state index contributed by atoms with van der Waals surface area (Å²) in [5, 5.41) is 3.49. The molecule has 4 rings (SSSR count). The predicted molar refractivity (Wildman–Crippen MR) is 126 cm³/mol. The quantitative estimate of drug-likeness (QED) is 0.536. The van der Waals surface area contributed by atoms with E-state index < -0.39 is 0 Å². The molecule has 0 bridgehead atoms. The Labute approximate surface area is 189 Å². The zero-order valence-electron chi connectivity index (χ0n) is 18.8. The van der Waals surface area contributed by atoms with Crippen LogP contribution in [0.5, 0.6) is 11.5 Å². The Balaban J connectivity index is 1.30. The molecule has 0 aliphatic carbocycles. The third kappa shape index (κ3) is 5.95. The highest BCUT2D eigenvalue weighted by Crippen LogP contribution is 2.25. The molecule has 0 radical (unpaired) electrons. The van der Waals surface area contributed by atoms with E-state index in [1.807, 2.05) is 50.6 Å². The van der Waals surface area contributed by atoms with E-state index in [9.17, 15) is 0 Å². The van der Waals surface area contributed by atoms with Gasteiger partial charge in [0, 0.05) is 67.7 Å². The standard InChI is InChI=1S/C25H31N5O2/c1-3-31-23-12-19(13-24(14-23)32-4-2)18-30-10-7-22(8-11-30)29-25-27-16-21(17-28-25)20-6-5-9-26-15-20/h5-6,9,12-17,22H,3-4,7-8,10-11,18H2,1-2H3,(H,27,28,29). The summed E-state index contributed by atoms with van der Waals surface area (Å²) in [4.78, 5) is 15.6. The Morgan fingerprint density at radius 2 is 1.62 bits per heavy atom. The number of hydrogen-bond acceptors (Lipinski definition) is 7. The summed E-state index contributed by atoms with van der Waals surface area (Å²) in [6, 6.07) is 10.5. The third-order valence-corrected chi connectivity index (χ3v) is 5.54. The van der Waals surface area contributed by atoms with E-state index in [4.69, 9.17) is 9.47 Å². The van der Waals surface area contributed by atoms with Crippen molar-refractivity contribution >= 4 is 5.95 Å². The number of nitrogens with one attached hydrogen (secondary N) is 1. The molecule has 0 unspecified atom stereocenters. The van der Waals surface area contributed by atoms with Gasteiger partial charge < -0.3 is 14.8 Å². The first kappa shape index (κ1) is 22.0. The van der Waals surface area contributed by atoms with Gasteiger partial charge in [-0.25, -0.2) is 9.97 Å². The predicted octanol–water partition coefficient (Wildman–Crippen LogP) is 4.41. The lowest BCUT2D eigenvalue weighted by molar-refractivity contribution is 0.210. The SMILES string of the molecule is CCOc1cc(CN2CCC(Nc3ncc(-c4cccnc4)cn3)CC2)cc(OCC)c1. The van der Waals surface area contributed by atoms with Crippen molar-refractivity contribution in [1.82, 2.24) is 19.9 Å². The molecule has 168 valence electrons. The third-order valence-electron chi connectivity index (χ3n) is 5.54. The Hall–Kier alpha value is -3.19. The largest absolute Gasteiger partial charge is 0.494 e. The number of ether oxygens (including phenoxy) is 2. The van der Waals surface area contributed by atoms with Crippen LogP contribution in [0.2, 0.25) is 0 Å². The second-order valence-electron chi connectivity index (χ2n) is 7.91. The van der Waals surface area contributed by atoms with Gasteiger partial charge >= 0.3 is 0 Å². The average Bonchev–Trinajstić information content (AvgIpc) is 2.82. The fraction of sp³-hybridized carbons (Fsp3) is 0.400. The Kier molecular flexibility index (Phi) is 7.51. The van der Waals surface area contributed by atoms with Gasteiger partial charge in [0.15, 0.2) is 0 Å². The maximum absolute atomic E-state index is 5.72. The number of nitrogens with zero attached hydrogens (tertiary/aromatic N) is 4. The van der Waals surface area contributed by atoms with Crippen molar-refractivity contribution in [2.24, 2.45) is 0 Å². The van der Waals surface area contributed by atoms with Crippen LogP contribution in [0.3, 0.4) is 0 Å². The van der Waals surface area contributed by atoms with Gasteiger partial charge in [-0.2, -0.15) is 0 Å². The van der Waals surface area contributed by atoms with Crippen LogP contribution in [0.15, 0.2) is 55.1 Å². The smallest absolute Gasteiger partial charge is 0.222 e. The first-order chi connectivity index (χ1) is 15.7. The van der Waals surface area contributed by atoms with Crippen molar-refractivity contribution < 1.29 is 9.47 Å². The molecule has 1 aliphatic rings. The molecule has 3 aromatic rings. The Morgan fingerprint density at radius 3 is 2.22 bits per heavy atom. The van der Waals surface area contributed by atoms with Gasteiger partial charge in [-0.05, 0) is 50.5 Å². The topological polar surface area (TPSA) is 72.4 Å². The lowest BCUT2D eigenvalue weighted by Gasteiger charge is -2.32. The van der Waals surface area contributed by atoms with Crippen LogP contribution < -0.4 is 14.8 Å². The number of piperidine rings is 1. The van der Waals surface area contributed by atoms with Crippen molar-refractivity contribution in [3.05, 3.63) is 60.7 Å². The first-order valence-corrected chi connectivity index (χ1v) is 11.3. The highest BCUT2D eigenvalue weighted by molar-refractivity contribution is 5.60. The molecule has 1 aliphatic heterocycles. The highest BCUT2D eigenvalue weighted by atomic mass is 16.5. The second kappa shape index (κ2) is 10.9. The molecule has 1 fully saturated rings. The number of benzene rings is 1. The fourth-order valence-corrected chi connectivity index (χ4v) is 3.98. The van der Waals surface area contributed by atoms with E-state index in [0.29, 0.717) is 25.2 Å². The average molecular weight is 434 g/mol. The number of hydrogen-bond donors (Lipinski definition) is 1. The maximum atomic E-state index is 5.72. The number of aromatic nitrogens is 3. The van der Waals surface area contributed by atoms with Gasteiger partial charge in [0.05, 0.1) is 13.2 Å². The van der Waals surface area contributed by atoms with Crippen LogP contribution in [0, 0.1) is 0 Å². The molecule has 2 aromatic heterocycles. The lowest BCUT2D eigenvalue weighted by atomic mass is 10.0. The van der Waals surface area contributed by atoms with Gasteiger partial charge in [0.25, 0.3) is 0 Å². The highest BCUT2D eigenvalue weighted by Gasteiger charge is 2.20. The monoisotopic (exact) mass is 433 g/mol. The van der Waals surface area contributed by atoms with Crippen molar-refractivity contribution in [1.29, 1.82) is 0 Å². The van der Waals surface area contributed by atoms with Crippen molar-refractivity contribution in [2.75, 3.05) is 31.6 Å². The van der Waals surface area contributed by atoms with E-state index in [1.165, 1.54) is 5.56 Å². The molecule has 1 aromatic carbocycles. The zero-order valence-corrected chi connectivity index (χ0v) is 18.8. The second-order valence-corrected chi connectivity index (χ2v) is 7.91. The molecule has 0 amide bonds. The number of likely N-dealkylation sites (tertiary alicyclic amines) is 1. The van der Waals surface area contributed by atoms with Gasteiger partial charge in [-0.15, -0.1) is 0 Å². The summed E-state index contributed by atoms with van der Waals surface area (Å²) in [5.74, 6) is 2.43. The van der Waals surface area contributed by atoms with E-state index in [0.717, 1.165) is 55.1 Å². The minimum absolute atomic E-state index is 0.379. The number of rotatable bonds is 9. The van der Waals surface area contributed by atoms with Crippen LogP contribution in [-0.2, 0) is 6.54 Å². The van der Waals surface area contributed by atoms with E-state index in [-0.39, 0.29) is 0 Å². The Morgan fingerprint density at radius 1 is 0.938 bits per heavy atom. The summed E-state index contributed by atoms with van der Waals surface area (Å²) in [7, 11) is 0. The summed E-state index contributed by atoms with van der Waals surface area (Å²) in [5.41, 5.74) is 3.22. The van der Waals surface area contributed by atoms with Crippen LogP contribution in [0.4, 0.5) is 5.95 Å². The van der Waals surface area contributed by atoms with Crippen LogP contribution in [0.1, 0.15) is 32.3 Å². The fourth-order valence-electron chi connectivity index (χ4n) is 3.98. The van der Waals surface area contributed by atoms with Crippen molar-refractivity contribution in [2.45, 2.75) is 39.3 Å². The van der Waals surface area contributed by atoms with Gasteiger partial charge in [0.1, 0.15) is 11.5 Å². The molecule has 0 atom stereocenters. The maximum Gasteiger partial charge on any atom is 0.222 e. The first-order valence-electron chi connectivity index (χ1n) is 11.3. The van der Waals surface area contributed by atoms with Crippen LogP contribution in [-0.4, -0.2) is 52.2 Å². The molecule has 7 nitrogen and oxygen atoms in total. The van der Waals surface area contributed by atoms with Gasteiger partial charge in [-0.3, -0.25) is 9.88 Å². The molecule has 32 heavy (non-hydrogen) atoms. The number of pyridine rings is 1. The molecule has 1 N–H and O–H groups in total. The molecule has 1 saturated heterocycles. The van der Waals surface area contributed by atoms with E-state index in [2.05, 4.69) is 37.3 Å². The van der Waals surface area contributed by atoms with Crippen LogP contribution in [0.25, 0.3) is 11.1 Å². The van der Waals surface area contributed by atoms with Crippen molar-refractivity contribution in [3.8, 4) is 22.6 Å². The molecule has 0 saturated carbocycles. The Bertz CT molecular complexity index is 949. The van der Waals surface area contributed by atoms with Gasteiger partial charge in [-0.1, -0.05) is 6.07 Å².